The van der Waals surface area contributed by atoms with E-state index < -0.39 is 24.9 Å². The monoisotopic (exact) mass is 385 g/mol. The SMILES string of the molecule is CC(C)Cc1ccc(S(=O)(=O)NC(C)(C)C)cc1.O=S(=O)(O)Cl. The van der Waals surface area contributed by atoms with Gasteiger partial charge in [-0.25, -0.2) is 13.1 Å². The fraction of sp³-hybridized carbons (Fsp3) is 0.571. The van der Waals surface area contributed by atoms with Crippen LogP contribution in [0, 0.1) is 5.92 Å². The average molecular weight is 386 g/mol. The molecule has 6 nitrogen and oxygen atoms in total. The summed E-state index contributed by atoms with van der Waals surface area (Å²) in [5, 5.41) is 0. The highest BCUT2D eigenvalue weighted by atomic mass is 35.7. The van der Waals surface area contributed by atoms with Gasteiger partial charge in [0.25, 0.3) is 0 Å². The summed E-state index contributed by atoms with van der Waals surface area (Å²) >= 11 is 0. The normalized spacial score (nSPS) is 12.7. The number of sulfonamides is 1. The molecule has 0 aliphatic heterocycles. The lowest BCUT2D eigenvalue weighted by molar-refractivity contribution is 0.491. The maximum atomic E-state index is 12.1. The Balaban J connectivity index is 0.000000841. The minimum absolute atomic E-state index is 0.324. The molecule has 23 heavy (non-hydrogen) atoms. The van der Waals surface area contributed by atoms with E-state index in [4.69, 9.17) is 13.0 Å². The molecule has 0 aromatic heterocycles. The molecular formula is C14H24ClNO5S2. The van der Waals surface area contributed by atoms with Crippen LogP contribution in [0.25, 0.3) is 0 Å². The van der Waals surface area contributed by atoms with Crippen molar-refractivity contribution < 1.29 is 21.4 Å². The van der Waals surface area contributed by atoms with Crippen molar-refractivity contribution in [2.24, 2.45) is 5.92 Å². The number of hydrogen-bond acceptors (Lipinski definition) is 4. The fourth-order valence-electron chi connectivity index (χ4n) is 1.74. The molecule has 134 valence electrons. The van der Waals surface area contributed by atoms with Gasteiger partial charge in [-0.1, -0.05) is 26.0 Å². The molecule has 0 atom stereocenters. The van der Waals surface area contributed by atoms with Gasteiger partial charge in [-0.15, -0.1) is 0 Å². The van der Waals surface area contributed by atoms with Crippen molar-refractivity contribution in [3.05, 3.63) is 29.8 Å². The first-order valence-electron chi connectivity index (χ1n) is 6.90. The number of halogens is 1. The van der Waals surface area contributed by atoms with E-state index in [1.807, 2.05) is 32.9 Å². The summed E-state index contributed by atoms with van der Waals surface area (Å²) in [5.41, 5.74) is 0.704. The van der Waals surface area contributed by atoms with Gasteiger partial charge in [-0.2, -0.15) is 8.42 Å². The van der Waals surface area contributed by atoms with Crippen LogP contribution in [0.5, 0.6) is 0 Å². The van der Waals surface area contributed by atoms with Crippen molar-refractivity contribution in [3.8, 4) is 0 Å². The second-order valence-corrected chi connectivity index (χ2v) is 10.2. The lowest BCUT2D eigenvalue weighted by Crippen LogP contribution is -2.40. The van der Waals surface area contributed by atoms with Gasteiger partial charge >= 0.3 is 9.33 Å². The molecule has 0 heterocycles. The topological polar surface area (TPSA) is 101 Å². The van der Waals surface area contributed by atoms with Crippen molar-refractivity contribution >= 4 is 30.0 Å². The first-order chi connectivity index (χ1) is 10.1. The first-order valence-corrected chi connectivity index (χ1v) is 10.6. The average Bonchev–Trinajstić information content (AvgIpc) is 2.22. The number of rotatable bonds is 4. The molecule has 0 spiro atoms. The smallest absolute Gasteiger partial charge is 0.273 e. The molecule has 1 aromatic rings. The summed E-state index contributed by atoms with van der Waals surface area (Å²) in [5.74, 6) is 0.570. The van der Waals surface area contributed by atoms with Gasteiger partial charge in [0, 0.05) is 16.2 Å². The fourth-order valence-corrected chi connectivity index (χ4v) is 3.16. The maximum Gasteiger partial charge on any atom is 0.353 e. The molecule has 9 heteroatoms. The summed E-state index contributed by atoms with van der Waals surface area (Å²) in [4.78, 5) is 0.324. The molecule has 0 unspecified atom stereocenters. The van der Waals surface area contributed by atoms with Crippen molar-refractivity contribution in [3.63, 3.8) is 0 Å². The number of benzene rings is 1. The van der Waals surface area contributed by atoms with Crippen molar-refractivity contribution in [1.82, 2.24) is 4.72 Å². The molecular weight excluding hydrogens is 362 g/mol. The summed E-state index contributed by atoms with van der Waals surface area (Å²) < 4.78 is 51.9. The highest BCUT2D eigenvalue weighted by Gasteiger charge is 2.21. The first kappa shape index (κ1) is 22.3. The lowest BCUT2D eigenvalue weighted by atomic mass is 10.0. The Labute approximate surface area is 143 Å². The summed E-state index contributed by atoms with van der Waals surface area (Å²) in [6.45, 7) is 9.78. The third-order valence-electron chi connectivity index (χ3n) is 2.32. The van der Waals surface area contributed by atoms with Crippen LogP contribution in [0.4, 0.5) is 0 Å². The Morgan fingerprint density at radius 1 is 1.09 bits per heavy atom. The molecule has 1 aromatic carbocycles. The van der Waals surface area contributed by atoms with E-state index in [0.717, 1.165) is 6.42 Å². The molecule has 0 aliphatic carbocycles. The molecule has 0 bridgehead atoms. The summed E-state index contributed by atoms with van der Waals surface area (Å²) in [6, 6.07) is 7.12. The van der Waals surface area contributed by atoms with E-state index >= 15 is 0 Å². The van der Waals surface area contributed by atoms with Crippen LogP contribution in [0.3, 0.4) is 0 Å². The zero-order valence-electron chi connectivity index (χ0n) is 13.9. The molecule has 0 saturated carbocycles. The van der Waals surface area contributed by atoms with E-state index in [0.29, 0.717) is 10.8 Å². The highest BCUT2D eigenvalue weighted by molar-refractivity contribution is 8.09. The highest BCUT2D eigenvalue weighted by Crippen LogP contribution is 2.15. The maximum absolute atomic E-state index is 12.1. The minimum atomic E-state index is -4.19. The predicted octanol–water partition coefficient (Wildman–Crippen LogP) is 2.99. The van der Waals surface area contributed by atoms with Gasteiger partial charge in [0.15, 0.2) is 0 Å². The second kappa shape index (κ2) is 8.43. The van der Waals surface area contributed by atoms with Gasteiger partial charge < -0.3 is 0 Å². The summed E-state index contributed by atoms with van der Waals surface area (Å²) in [6.07, 6.45) is 0.965. The molecule has 0 radical (unpaired) electrons. The largest absolute Gasteiger partial charge is 0.353 e. The molecule has 0 amide bonds. The predicted molar refractivity (Wildman–Crippen MR) is 92.5 cm³/mol. The summed E-state index contributed by atoms with van der Waals surface area (Å²) in [7, 11) is -3.55. The van der Waals surface area contributed by atoms with Crippen LogP contribution >= 0.6 is 10.7 Å². The van der Waals surface area contributed by atoms with Crippen LogP contribution in [0.1, 0.15) is 40.2 Å². The van der Waals surface area contributed by atoms with Crippen molar-refractivity contribution in [2.45, 2.75) is 51.5 Å². The third kappa shape index (κ3) is 12.4. The van der Waals surface area contributed by atoms with Gasteiger partial charge in [-0.05, 0) is 50.8 Å². The van der Waals surface area contributed by atoms with Crippen molar-refractivity contribution in [1.29, 1.82) is 0 Å². The Kier molecular flexibility index (Phi) is 8.19. The number of nitrogens with one attached hydrogen (secondary N) is 1. The second-order valence-electron chi connectivity index (χ2n) is 6.51. The van der Waals surface area contributed by atoms with Gasteiger partial charge in [-0.3, -0.25) is 4.55 Å². The van der Waals surface area contributed by atoms with E-state index in [1.165, 1.54) is 5.56 Å². The van der Waals surface area contributed by atoms with Crippen LogP contribution in [-0.4, -0.2) is 26.9 Å². The van der Waals surface area contributed by atoms with E-state index in [1.54, 1.807) is 12.1 Å². The standard InChI is InChI=1S/C14H23NO2S.ClHO3S/c1-11(2)10-12-6-8-13(9-7-12)18(16,17)15-14(3,4)5;1-5(2,3)4/h6-9,11,15H,10H2,1-5H3;(H,2,3,4). The van der Waals surface area contributed by atoms with E-state index in [2.05, 4.69) is 29.3 Å². The Hall–Kier alpha value is -0.670. The van der Waals surface area contributed by atoms with Gasteiger partial charge in [0.05, 0.1) is 4.90 Å². The molecule has 0 aliphatic rings. The quantitative estimate of drug-likeness (QED) is 0.612. The Morgan fingerprint density at radius 3 is 1.78 bits per heavy atom. The van der Waals surface area contributed by atoms with Crippen LogP contribution in [-0.2, 0) is 25.8 Å². The minimum Gasteiger partial charge on any atom is -0.273 e. The lowest BCUT2D eigenvalue weighted by Gasteiger charge is -2.20. The molecule has 0 saturated heterocycles. The van der Waals surface area contributed by atoms with E-state index in [9.17, 15) is 8.42 Å². The molecule has 2 N–H and O–H groups in total. The molecule has 0 fully saturated rings. The number of hydrogen-bond donors (Lipinski definition) is 2. The molecule has 1 rings (SSSR count). The van der Waals surface area contributed by atoms with Crippen molar-refractivity contribution in [2.75, 3.05) is 0 Å². The van der Waals surface area contributed by atoms with Gasteiger partial charge in [0.1, 0.15) is 0 Å². The van der Waals surface area contributed by atoms with Crippen LogP contribution in [0.2, 0.25) is 0 Å². The van der Waals surface area contributed by atoms with Gasteiger partial charge in [0.2, 0.25) is 10.0 Å². The van der Waals surface area contributed by atoms with E-state index in [-0.39, 0.29) is 0 Å². The van der Waals surface area contributed by atoms with Crippen LogP contribution < -0.4 is 4.72 Å². The zero-order valence-corrected chi connectivity index (χ0v) is 16.3. The third-order valence-corrected chi connectivity index (χ3v) is 4.09. The Morgan fingerprint density at radius 2 is 1.48 bits per heavy atom. The zero-order chi connectivity index (χ0) is 18.5. The Bertz CT molecular complexity index is 682. The van der Waals surface area contributed by atoms with Crippen LogP contribution in [0.15, 0.2) is 29.2 Å².